The first-order chi connectivity index (χ1) is 11.5. The minimum Gasteiger partial charge on any atom is -0.497 e. The van der Waals surface area contributed by atoms with Crippen LogP contribution in [0.25, 0.3) is 11.0 Å². The van der Waals surface area contributed by atoms with E-state index in [4.69, 9.17) is 4.74 Å². The number of H-pyrrole nitrogens is 2. The summed E-state index contributed by atoms with van der Waals surface area (Å²) in [4.78, 5) is 40.0. The Hall–Kier alpha value is -3.36. The Morgan fingerprint density at radius 1 is 1.17 bits per heavy atom. The molecule has 9 heteroatoms. The molecule has 0 bridgehead atoms. The van der Waals surface area contributed by atoms with Gasteiger partial charge in [-0.15, -0.1) is 0 Å². The summed E-state index contributed by atoms with van der Waals surface area (Å²) in [6, 6.07) is 7.16. The number of benzene rings is 1. The van der Waals surface area contributed by atoms with E-state index in [9.17, 15) is 14.4 Å². The minimum atomic E-state index is -0.741. The van der Waals surface area contributed by atoms with Gasteiger partial charge >= 0.3 is 11.7 Å². The van der Waals surface area contributed by atoms with E-state index in [2.05, 4.69) is 19.8 Å². The number of ether oxygens (including phenoxy) is 2. The Kier molecular flexibility index (Phi) is 3.90. The molecule has 2 N–H and O–H groups in total. The van der Waals surface area contributed by atoms with E-state index >= 15 is 0 Å². The Balaban J connectivity index is 2.14. The average molecular weight is 330 g/mol. The zero-order chi connectivity index (χ0) is 17.3. The summed E-state index contributed by atoms with van der Waals surface area (Å²) < 4.78 is 11.1. The second-order valence-electron chi connectivity index (χ2n) is 4.98. The summed E-state index contributed by atoms with van der Waals surface area (Å²) in [5, 5.41) is 4.12. The van der Waals surface area contributed by atoms with E-state index in [-0.39, 0.29) is 23.3 Å². The van der Waals surface area contributed by atoms with Gasteiger partial charge in [0.25, 0.3) is 5.56 Å². The van der Waals surface area contributed by atoms with Gasteiger partial charge in [0.05, 0.1) is 20.8 Å². The number of nitrogens with one attached hydrogen (secondary N) is 2. The Morgan fingerprint density at radius 3 is 2.50 bits per heavy atom. The maximum Gasteiger partial charge on any atom is 0.360 e. The maximum atomic E-state index is 12.1. The van der Waals surface area contributed by atoms with Crippen molar-refractivity contribution in [1.82, 2.24) is 19.7 Å². The topological polar surface area (TPSA) is 119 Å². The molecule has 0 saturated carbocycles. The van der Waals surface area contributed by atoms with Gasteiger partial charge in [0.1, 0.15) is 11.3 Å². The van der Waals surface area contributed by atoms with Crippen LogP contribution in [0.3, 0.4) is 0 Å². The van der Waals surface area contributed by atoms with Crippen LogP contribution < -0.4 is 16.0 Å². The molecule has 124 valence electrons. The fourth-order valence-electron chi connectivity index (χ4n) is 2.38. The zero-order valence-corrected chi connectivity index (χ0v) is 13.0. The number of rotatable bonds is 4. The largest absolute Gasteiger partial charge is 0.497 e. The molecule has 0 radical (unpaired) electrons. The molecule has 0 spiro atoms. The first-order valence-corrected chi connectivity index (χ1v) is 6.98. The van der Waals surface area contributed by atoms with Gasteiger partial charge in [-0.1, -0.05) is 12.1 Å². The summed E-state index contributed by atoms with van der Waals surface area (Å²) in [7, 11) is 2.76. The highest BCUT2D eigenvalue weighted by molar-refractivity contribution is 5.99. The van der Waals surface area contributed by atoms with Gasteiger partial charge in [-0.2, -0.15) is 5.10 Å². The molecule has 2 aromatic heterocycles. The van der Waals surface area contributed by atoms with Crippen molar-refractivity contribution in [2.45, 2.75) is 6.54 Å². The van der Waals surface area contributed by atoms with Gasteiger partial charge in [0.15, 0.2) is 11.2 Å². The van der Waals surface area contributed by atoms with E-state index in [1.54, 1.807) is 19.2 Å². The minimum absolute atomic E-state index is 0.0455. The molecule has 9 nitrogen and oxygen atoms in total. The van der Waals surface area contributed by atoms with Crippen molar-refractivity contribution in [2.75, 3.05) is 14.2 Å². The fourth-order valence-corrected chi connectivity index (χ4v) is 2.38. The van der Waals surface area contributed by atoms with Crippen LogP contribution in [-0.4, -0.2) is 39.9 Å². The van der Waals surface area contributed by atoms with Gasteiger partial charge in [-0.25, -0.2) is 9.59 Å². The molecule has 0 fully saturated rings. The lowest BCUT2D eigenvalue weighted by Gasteiger charge is -2.04. The summed E-state index contributed by atoms with van der Waals surface area (Å²) in [5.41, 5.74) is -0.507. The lowest BCUT2D eigenvalue weighted by Crippen LogP contribution is -2.23. The van der Waals surface area contributed by atoms with Crippen molar-refractivity contribution < 1.29 is 14.3 Å². The molecule has 0 unspecified atom stereocenters. The highest BCUT2D eigenvalue weighted by Crippen LogP contribution is 2.16. The Morgan fingerprint density at radius 2 is 1.88 bits per heavy atom. The fraction of sp³-hybridized carbons (Fsp3) is 0.200. The Labute approximate surface area is 134 Å². The molecule has 0 amide bonds. The molecular weight excluding hydrogens is 316 g/mol. The third-order valence-corrected chi connectivity index (χ3v) is 3.50. The monoisotopic (exact) mass is 330 g/mol. The van der Waals surface area contributed by atoms with E-state index < -0.39 is 17.2 Å². The first kappa shape index (κ1) is 15.5. The molecule has 24 heavy (non-hydrogen) atoms. The SMILES string of the molecule is COC(=O)c1nn(Cc2ccc(OC)cc2)c2c(=O)[nH]c(=O)[nH]c12. The summed E-state index contributed by atoms with van der Waals surface area (Å²) in [6.07, 6.45) is 0. The quantitative estimate of drug-likeness (QED) is 0.662. The van der Waals surface area contributed by atoms with Crippen molar-refractivity contribution in [3.8, 4) is 5.75 Å². The molecular formula is C15H14N4O5. The number of nitrogens with zero attached hydrogens (tertiary/aromatic N) is 2. The number of esters is 1. The molecule has 0 atom stereocenters. The van der Waals surface area contributed by atoms with Crippen molar-refractivity contribution in [3.63, 3.8) is 0 Å². The van der Waals surface area contributed by atoms with Crippen molar-refractivity contribution in [1.29, 1.82) is 0 Å². The third kappa shape index (κ3) is 2.67. The zero-order valence-electron chi connectivity index (χ0n) is 13.0. The van der Waals surface area contributed by atoms with Crippen LogP contribution >= 0.6 is 0 Å². The number of carbonyl (C=O) groups is 1. The highest BCUT2D eigenvalue weighted by Gasteiger charge is 2.21. The number of aromatic nitrogens is 4. The predicted molar refractivity (Wildman–Crippen MR) is 84.4 cm³/mol. The van der Waals surface area contributed by atoms with Crippen molar-refractivity contribution in [3.05, 3.63) is 56.4 Å². The lowest BCUT2D eigenvalue weighted by molar-refractivity contribution is 0.0595. The average Bonchev–Trinajstić information content (AvgIpc) is 2.93. The number of carbonyl (C=O) groups excluding carboxylic acids is 1. The van der Waals surface area contributed by atoms with Crippen LogP contribution in [0.15, 0.2) is 33.9 Å². The second-order valence-corrected chi connectivity index (χ2v) is 4.98. The number of methoxy groups -OCH3 is 2. The molecule has 3 rings (SSSR count). The van der Waals surface area contributed by atoms with E-state index in [0.29, 0.717) is 5.75 Å². The summed E-state index contributed by atoms with van der Waals surface area (Å²) in [5.74, 6) is -0.0452. The number of hydrogen-bond acceptors (Lipinski definition) is 6. The van der Waals surface area contributed by atoms with Gasteiger partial charge < -0.3 is 14.5 Å². The lowest BCUT2D eigenvalue weighted by atomic mass is 10.2. The maximum absolute atomic E-state index is 12.1. The molecule has 3 aromatic rings. The van der Waals surface area contributed by atoms with Crippen LogP contribution in [0, 0.1) is 0 Å². The molecule has 0 aliphatic heterocycles. The first-order valence-electron chi connectivity index (χ1n) is 6.98. The summed E-state index contributed by atoms with van der Waals surface area (Å²) in [6.45, 7) is 0.229. The Bertz CT molecular complexity index is 1010. The second kappa shape index (κ2) is 6.03. The molecule has 0 aliphatic rings. The van der Waals surface area contributed by atoms with Crippen LogP contribution in [0.1, 0.15) is 16.1 Å². The molecule has 0 aliphatic carbocycles. The molecule has 1 aromatic carbocycles. The molecule has 0 saturated heterocycles. The normalized spacial score (nSPS) is 10.8. The van der Waals surface area contributed by atoms with E-state index in [1.807, 2.05) is 12.1 Å². The van der Waals surface area contributed by atoms with Crippen LogP contribution in [0.5, 0.6) is 5.75 Å². The van der Waals surface area contributed by atoms with E-state index in [1.165, 1.54) is 11.8 Å². The van der Waals surface area contributed by atoms with Gasteiger partial charge in [0.2, 0.25) is 0 Å². The number of hydrogen-bond donors (Lipinski definition) is 2. The van der Waals surface area contributed by atoms with Crippen LogP contribution in [0.2, 0.25) is 0 Å². The summed E-state index contributed by atoms with van der Waals surface area (Å²) >= 11 is 0. The van der Waals surface area contributed by atoms with Crippen molar-refractivity contribution >= 4 is 17.0 Å². The van der Waals surface area contributed by atoms with Crippen LogP contribution in [0.4, 0.5) is 0 Å². The van der Waals surface area contributed by atoms with Gasteiger partial charge in [-0.3, -0.25) is 14.5 Å². The number of aromatic amines is 2. The standard InChI is InChI=1S/C15H14N4O5/c1-23-9-5-3-8(4-6-9)7-19-12-10(11(18-19)14(21)24-2)16-15(22)17-13(12)20/h3-6H,7H2,1-2H3,(H2,16,17,20,22). The smallest absolute Gasteiger partial charge is 0.360 e. The number of fused-ring (bicyclic) bond motifs is 1. The third-order valence-electron chi connectivity index (χ3n) is 3.50. The van der Waals surface area contributed by atoms with Crippen LogP contribution in [-0.2, 0) is 11.3 Å². The molecule has 2 heterocycles. The van der Waals surface area contributed by atoms with Gasteiger partial charge in [-0.05, 0) is 17.7 Å². The van der Waals surface area contributed by atoms with Crippen molar-refractivity contribution in [2.24, 2.45) is 0 Å². The predicted octanol–water partition coefficient (Wildman–Crippen LogP) is 0.256. The van der Waals surface area contributed by atoms with Gasteiger partial charge in [0, 0.05) is 0 Å². The highest BCUT2D eigenvalue weighted by atomic mass is 16.5. The van der Waals surface area contributed by atoms with E-state index in [0.717, 1.165) is 5.56 Å².